The molecule has 2 aliphatic rings. The maximum atomic E-state index is 12.9. The second-order valence-electron chi connectivity index (χ2n) is 7.06. The van der Waals surface area contributed by atoms with E-state index < -0.39 is 17.9 Å². The molecule has 2 aliphatic heterocycles. The van der Waals surface area contributed by atoms with E-state index in [0.29, 0.717) is 0 Å². The van der Waals surface area contributed by atoms with E-state index in [1.54, 1.807) is 4.90 Å². The third kappa shape index (κ3) is 3.19. The van der Waals surface area contributed by atoms with Crippen molar-refractivity contribution in [2.45, 2.75) is 38.8 Å². The van der Waals surface area contributed by atoms with Crippen molar-refractivity contribution in [2.24, 2.45) is 5.92 Å². The van der Waals surface area contributed by atoms with Crippen LogP contribution in [0.3, 0.4) is 0 Å². The summed E-state index contributed by atoms with van der Waals surface area (Å²) in [5.41, 5.74) is 2.91. The van der Waals surface area contributed by atoms with Gasteiger partial charge in [0.1, 0.15) is 6.04 Å². The maximum absolute atomic E-state index is 12.9. The first kappa shape index (κ1) is 18.4. The molecule has 26 heavy (non-hydrogen) atoms. The van der Waals surface area contributed by atoms with Crippen molar-refractivity contribution < 1.29 is 24.2 Å². The predicted octanol–water partition coefficient (Wildman–Crippen LogP) is 1.36. The number of amides is 2. The molecule has 140 valence electrons. The van der Waals surface area contributed by atoms with Gasteiger partial charge in [-0.25, -0.2) is 4.79 Å². The number of likely N-dealkylation sites (tertiary alicyclic amines) is 1. The highest BCUT2D eigenvalue weighted by Crippen LogP contribution is 2.32. The van der Waals surface area contributed by atoms with Gasteiger partial charge in [-0.05, 0) is 31.0 Å². The molecule has 0 bridgehead atoms. The van der Waals surface area contributed by atoms with Crippen LogP contribution in [0.4, 0.5) is 5.69 Å². The largest absolute Gasteiger partial charge is 0.480 e. The van der Waals surface area contributed by atoms with Crippen LogP contribution in [0.15, 0.2) is 18.2 Å². The molecule has 2 heterocycles. The monoisotopic (exact) mass is 360 g/mol. The van der Waals surface area contributed by atoms with Crippen LogP contribution in [-0.2, 0) is 19.1 Å². The second kappa shape index (κ2) is 7.07. The van der Waals surface area contributed by atoms with E-state index in [4.69, 9.17) is 4.74 Å². The van der Waals surface area contributed by atoms with E-state index in [1.165, 1.54) is 12.0 Å². The normalized spacial score (nSPS) is 25.8. The van der Waals surface area contributed by atoms with Gasteiger partial charge in [0.25, 0.3) is 0 Å². The quantitative estimate of drug-likeness (QED) is 0.876. The molecule has 0 aliphatic carbocycles. The van der Waals surface area contributed by atoms with E-state index in [2.05, 4.69) is 0 Å². The number of carboxylic acid groups (broad SMARTS) is 1. The Morgan fingerprint density at radius 3 is 2.62 bits per heavy atom. The zero-order valence-corrected chi connectivity index (χ0v) is 15.3. The Morgan fingerprint density at radius 1 is 1.23 bits per heavy atom. The van der Waals surface area contributed by atoms with Gasteiger partial charge < -0.3 is 19.6 Å². The molecule has 1 aromatic carbocycles. The molecule has 0 radical (unpaired) electrons. The van der Waals surface area contributed by atoms with Crippen molar-refractivity contribution in [3.8, 4) is 0 Å². The smallest absolute Gasteiger partial charge is 0.326 e. The van der Waals surface area contributed by atoms with E-state index in [9.17, 15) is 19.5 Å². The average molecular weight is 360 g/mol. The Hall–Kier alpha value is -2.41. The Kier molecular flexibility index (Phi) is 5.00. The van der Waals surface area contributed by atoms with E-state index in [0.717, 1.165) is 16.8 Å². The Bertz CT molecular complexity index is 747. The van der Waals surface area contributed by atoms with Crippen LogP contribution in [0.25, 0.3) is 0 Å². The topological polar surface area (TPSA) is 87.1 Å². The first-order chi connectivity index (χ1) is 12.3. The first-order valence-electron chi connectivity index (χ1n) is 8.76. The van der Waals surface area contributed by atoms with Crippen molar-refractivity contribution in [1.29, 1.82) is 0 Å². The second-order valence-corrected chi connectivity index (χ2v) is 7.06. The van der Waals surface area contributed by atoms with Gasteiger partial charge in [0.2, 0.25) is 11.8 Å². The average Bonchev–Trinajstić information content (AvgIpc) is 3.21. The number of methoxy groups -OCH3 is 1. The van der Waals surface area contributed by atoms with Crippen molar-refractivity contribution in [1.82, 2.24) is 4.90 Å². The van der Waals surface area contributed by atoms with Crippen LogP contribution in [-0.4, -0.2) is 60.1 Å². The van der Waals surface area contributed by atoms with Crippen molar-refractivity contribution in [3.05, 3.63) is 29.3 Å². The van der Waals surface area contributed by atoms with Crippen LogP contribution in [0, 0.1) is 19.8 Å². The number of aliphatic carboxylic acids is 1. The summed E-state index contributed by atoms with van der Waals surface area (Å²) in [5, 5.41) is 9.41. The number of benzene rings is 1. The Morgan fingerprint density at radius 2 is 1.96 bits per heavy atom. The lowest BCUT2D eigenvalue weighted by Crippen LogP contribution is -2.44. The lowest BCUT2D eigenvalue weighted by atomic mass is 10.1. The summed E-state index contributed by atoms with van der Waals surface area (Å²) >= 11 is 0. The number of carbonyl (C=O) groups excluding carboxylic acids is 2. The Labute approximate surface area is 152 Å². The van der Waals surface area contributed by atoms with E-state index in [1.807, 2.05) is 32.0 Å². The van der Waals surface area contributed by atoms with Gasteiger partial charge in [0.05, 0.1) is 12.0 Å². The van der Waals surface area contributed by atoms with Gasteiger partial charge in [-0.15, -0.1) is 0 Å². The van der Waals surface area contributed by atoms with Gasteiger partial charge in [-0.3, -0.25) is 9.59 Å². The number of carboxylic acids is 1. The minimum absolute atomic E-state index is 0.104. The lowest BCUT2D eigenvalue weighted by molar-refractivity contribution is -0.149. The van der Waals surface area contributed by atoms with Crippen molar-refractivity contribution in [2.75, 3.05) is 25.1 Å². The van der Waals surface area contributed by atoms with Crippen LogP contribution < -0.4 is 4.90 Å². The maximum Gasteiger partial charge on any atom is 0.326 e. The fourth-order valence-corrected chi connectivity index (χ4v) is 3.81. The highest BCUT2D eigenvalue weighted by atomic mass is 16.5. The minimum Gasteiger partial charge on any atom is -0.480 e. The SMILES string of the molecule is COC1CC(C(=O)O)N(C(=O)C2CC(=O)N(c3cccc(C)c3C)C2)C1. The summed E-state index contributed by atoms with van der Waals surface area (Å²) in [4.78, 5) is 39.9. The number of ether oxygens (including phenoxy) is 1. The zero-order valence-electron chi connectivity index (χ0n) is 15.3. The number of hydrogen-bond donors (Lipinski definition) is 1. The minimum atomic E-state index is -1.03. The molecule has 2 amide bonds. The summed E-state index contributed by atoms with van der Waals surface area (Å²) in [5.74, 6) is -1.95. The molecule has 3 atom stereocenters. The van der Waals surface area contributed by atoms with Gasteiger partial charge in [-0.1, -0.05) is 12.1 Å². The lowest BCUT2D eigenvalue weighted by Gasteiger charge is -2.25. The summed E-state index contributed by atoms with van der Waals surface area (Å²) in [6.45, 7) is 4.47. The molecular weight excluding hydrogens is 336 g/mol. The van der Waals surface area contributed by atoms with Gasteiger partial charge in [0, 0.05) is 38.7 Å². The molecule has 1 aromatic rings. The highest BCUT2D eigenvalue weighted by molar-refractivity contribution is 6.01. The molecule has 7 heteroatoms. The van der Waals surface area contributed by atoms with Gasteiger partial charge in [0.15, 0.2) is 0 Å². The van der Waals surface area contributed by atoms with E-state index in [-0.39, 0.29) is 43.8 Å². The van der Waals surface area contributed by atoms with Crippen LogP contribution >= 0.6 is 0 Å². The van der Waals surface area contributed by atoms with Gasteiger partial charge in [-0.2, -0.15) is 0 Å². The van der Waals surface area contributed by atoms with Crippen LogP contribution in [0.2, 0.25) is 0 Å². The summed E-state index contributed by atoms with van der Waals surface area (Å²) in [6.07, 6.45) is 0.0957. The van der Waals surface area contributed by atoms with Crippen LogP contribution in [0.1, 0.15) is 24.0 Å². The number of aryl methyl sites for hydroxylation is 1. The fraction of sp³-hybridized carbons (Fsp3) is 0.526. The molecule has 0 aromatic heterocycles. The number of carbonyl (C=O) groups is 3. The van der Waals surface area contributed by atoms with Crippen LogP contribution in [0.5, 0.6) is 0 Å². The third-order valence-electron chi connectivity index (χ3n) is 5.51. The van der Waals surface area contributed by atoms with Gasteiger partial charge >= 0.3 is 5.97 Å². The standard InChI is InChI=1S/C19H24N2O5/c1-11-5-4-6-15(12(11)2)20-9-13(7-17(20)22)18(23)21-10-14(26-3)8-16(21)19(24)25/h4-6,13-14,16H,7-10H2,1-3H3,(H,24,25). The molecule has 0 spiro atoms. The summed E-state index contributed by atoms with van der Waals surface area (Å²) < 4.78 is 5.24. The first-order valence-corrected chi connectivity index (χ1v) is 8.76. The molecular formula is C19H24N2O5. The van der Waals surface area contributed by atoms with Crippen molar-refractivity contribution >= 4 is 23.5 Å². The molecule has 3 unspecified atom stereocenters. The zero-order chi connectivity index (χ0) is 19.0. The number of anilines is 1. The molecule has 2 saturated heterocycles. The number of hydrogen-bond acceptors (Lipinski definition) is 4. The fourth-order valence-electron chi connectivity index (χ4n) is 3.81. The van der Waals surface area contributed by atoms with E-state index >= 15 is 0 Å². The number of rotatable bonds is 4. The summed E-state index contributed by atoms with van der Waals surface area (Å²) in [6, 6.07) is 4.86. The highest BCUT2D eigenvalue weighted by Gasteiger charge is 2.45. The molecule has 3 rings (SSSR count). The molecule has 2 fully saturated rings. The molecule has 0 saturated carbocycles. The molecule has 7 nitrogen and oxygen atoms in total. The van der Waals surface area contributed by atoms with Crippen molar-refractivity contribution in [3.63, 3.8) is 0 Å². The third-order valence-corrected chi connectivity index (χ3v) is 5.51. The number of nitrogens with zero attached hydrogens (tertiary/aromatic N) is 2. The molecule has 1 N–H and O–H groups in total. The summed E-state index contributed by atoms with van der Waals surface area (Å²) in [7, 11) is 1.51. The predicted molar refractivity (Wildman–Crippen MR) is 94.9 cm³/mol. The Balaban J connectivity index is 1.79.